The Morgan fingerprint density at radius 3 is 1.52 bits per heavy atom. The predicted molar refractivity (Wildman–Crippen MR) is 220 cm³/mol. The summed E-state index contributed by atoms with van der Waals surface area (Å²) in [4.78, 5) is 119. The monoisotopic (exact) mass is 849 g/mol. The molecule has 0 fully saturated rings. The van der Waals surface area contributed by atoms with Gasteiger partial charge >= 0.3 is 17.9 Å². The van der Waals surface area contributed by atoms with Gasteiger partial charge in [0.25, 0.3) is 0 Å². The first-order valence-electron chi connectivity index (χ1n) is 19.9. The third-order valence-electron chi connectivity index (χ3n) is 10.3. The molecule has 0 aliphatic carbocycles. The normalized spacial score (nSPS) is 15.0. The number of aromatic nitrogens is 1. The lowest BCUT2D eigenvalue weighted by Crippen LogP contribution is -2.61. The van der Waals surface area contributed by atoms with E-state index < -0.39 is 114 Å². The first-order chi connectivity index (χ1) is 28.8. The zero-order valence-corrected chi connectivity index (χ0v) is 34.7. The maximum absolute atomic E-state index is 14.0. The van der Waals surface area contributed by atoms with Crippen LogP contribution in [-0.2, 0) is 56.0 Å². The Morgan fingerprint density at radius 2 is 1.02 bits per heavy atom. The molecule has 0 saturated carbocycles. The average Bonchev–Trinajstić information content (AvgIpc) is 3.62. The van der Waals surface area contributed by atoms with Crippen LogP contribution in [0.1, 0.15) is 71.4 Å². The molecular weight excluding hydrogens is 794 g/mol. The maximum Gasteiger partial charge on any atom is 0.326 e. The van der Waals surface area contributed by atoms with Gasteiger partial charge in [0.2, 0.25) is 35.4 Å². The van der Waals surface area contributed by atoms with Crippen LogP contribution in [0, 0.1) is 11.8 Å². The number of carbonyl (C=O) groups excluding carboxylic acids is 6. The second-order valence-electron chi connectivity index (χ2n) is 15.0. The van der Waals surface area contributed by atoms with E-state index in [0.29, 0.717) is 24.0 Å². The van der Waals surface area contributed by atoms with Crippen LogP contribution in [0.4, 0.5) is 0 Å². The van der Waals surface area contributed by atoms with Crippen LogP contribution in [0.15, 0.2) is 60.8 Å². The molecule has 0 aliphatic rings. The Labute approximate surface area is 352 Å². The Kier molecular flexibility index (Phi) is 18.4. The highest BCUT2D eigenvalue weighted by Gasteiger charge is 2.37. The van der Waals surface area contributed by atoms with E-state index in [9.17, 15) is 58.5 Å². The standard InChI is InChI=1S/C42H55N7O12/c1-6-22(3)35(40(58)47-32(42(60)61)18-26-21-43-28-16-12-11-15-27(26)28)49-41(59)36(23(4)7-2)48-39(57)31(20-34(53)54)46-38(56)30(19-33(51)52)45-37(55)29(44-24(5)50)17-25-13-9-8-10-14-25/h8-16,21-23,29-32,35-36,43H,6-7,17-20H2,1-5H3,(H,44,50)(H,45,55)(H,46,56)(H,47,58)(H,48,57)(H,49,59)(H,51,52)(H,53,54)(H,60,61)/t22-,23-,29+,30-,31-,32-,35-,36-/m0/s1. The minimum atomic E-state index is -1.89. The smallest absolute Gasteiger partial charge is 0.326 e. The number of hydrogen-bond acceptors (Lipinski definition) is 9. The Balaban J connectivity index is 1.81. The number of rotatable bonds is 24. The number of aliphatic carboxylic acids is 3. The van der Waals surface area contributed by atoms with Gasteiger partial charge in [-0.05, 0) is 29.0 Å². The van der Waals surface area contributed by atoms with E-state index in [2.05, 4.69) is 36.9 Å². The van der Waals surface area contributed by atoms with Crippen molar-refractivity contribution in [3.05, 3.63) is 71.9 Å². The highest BCUT2D eigenvalue weighted by Crippen LogP contribution is 2.20. The molecule has 0 bridgehead atoms. The van der Waals surface area contributed by atoms with E-state index in [1.54, 1.807) is 70.3 Å². The highest BCUT2D eigenvalue weighted by atomic mass is 16.4. The maximum atomic E-state index is 14.0. The van der Waals surface area contributed by atoms with Crippen LogP contribution in [0.5, 0.6) is 0 Å². The second kappa shape index (κ2) is 23.1. The van der Waals surface area contributed by atoms with Gasteiger partial charge in [0.05, 0.1) is 12.8 Å². The fourth-order valence-corrected chi connectivity index (χ4v) is 6.50. The van der Waals surface area contributed by atoms with Crippen molar-refractivity contribution in [2.24, 2.45) is 11.8 Å². The molecule has 19 heteroatoms. The van der Waals surface area contributed by atoms with Gasteiger partial charge in [-0.1, -0.05) is 89.1 Å². The Morgan fingerprint density at radius 1 is 0.557 bits per heavy atom. The number of nitrogens with one attached hydrogen (secondary N) is 7. The first kappa shape index (κ1) is 48.6. The number of H-pyrrole nitrogens is 1. The van der Waals surface area contributed by atoms with E-state index in [1.807, 2.05) is 18.2 Å². The van der Waals surface area contributed by atoms with Crippen molar-refractivity contribution in [3.8, 4) is 0 Å². The molecule has 3 rings (SSSR count). The van der Waals surface area contributed by atoms with E-state index in [-0.39, 0.29) is 12.8 Å². The number of fused-ring (bicyclic) bond motifs is 1. The molecule has 2 aromatic carbocycles. The molecule has 61 heavy (non-hydrogen) atoms. The molecule has 1 heterocycles. The van der Waals surface area contributed by atoms with Crippen molar-refractivity contribution in [1.29, 1.82) is 0 Å². The van der Waals surface area contributed by atoms with E-state index in [0.717, 1.165) is 17.8 Å². The molecule has 10 N–H and O–H groups in total. The first-order valence-corrected chi connectivity index (χ1v) is 19.9. The molecule has 330 valence electrons. The minimum absolute atomic E-state index is 0.0263. The molecule has 1 aromatic heterocycles. The molecule has 19 nitrogen and oxygen atoms in total. The predicted octanol–water partition coefficient (Wildman–Crippen LogP) is 1.01. The topological polar surface area (TPSA) is 302 Å². The molecule has 0 aliphatic heterocycles. The fraction of sp³-hybridized carbons (Fsp3) is 0.452. The Hall–Kier alpha value is -6.79. The number of carboxylic acids is 3. The van der Waals surface area contributed by atoms with Gasteiger partial charge in [-0.25, -0.2) is 4.79 Å². The van der Waals surface area contributed by atoms with Crippen LogP contribution in [0.25, 0.3) is 10.9 Å². The summed E-state index contributed by atoms with van der Waals surface area (Å²) in [6, 6.07) is 6.73. The number of aromatic amines is 1. The van der Waals surface area contributed by atoms with Gasteiger partial charge in [0.1, 0.15) is 36.3 Å². The van der Waals surface area contributed by atoms with Crippen LogP contribution >= 0.6 is 0 Å². The molecule has 0 spiro atoms. The van der Waals surface area contributed by atoms with Crippen LogP contribution < -0.4 is 31.9 Å². The van der Waals surface area contributed by atoms with Crippen LogP contribution in [0.3, 0.4) is 0 Å². The number of hydrogen-bond donors (Lipinski definition) is 10. The third-order valence-corrected chi connectivity index (χ3v) is 10.3. The van der Waals surface area contributed by atoms with E-state index >= 15 is 0 Å². The summed E-state index contributed by atoms with van der Waals surface area (Å²) in [5.41, 5.74) is 2.05. The van der Waals surface area contributed by atoms with Crippen molar-refractivity contribution >= 4 is 64.3 Å². The second-order valence-corrected chi connectivity index (χ2v) is 15.0. The number of carbonyl (C=O) groups is 9. The summed E-state index contributed by atoms with van der Waals surface area (Å²) in [5, 5.41) is 44.6. The SMILES string of the molecule is CC[C@H](C)[C@H](NC(=O)[C@H](CC(=O)O)NC(=O)[C@H](CC(=O)O)NC(=O)[C@@H](Cc1ccccc1)NC(C)=O)C(=O)N[C@H](C(=O)N[C@@H](Cc1c[nH]c2ccccc12)C(=O)O)[C@@H](C)CC. The van der Waals surface area contributed by atoms with Gasteiger partial charge in [0, 0.05) is 36.9 Å². The zero-order chi connectivity index (χ0) is 45.4. The van der Waals surface area contributed by atoms with Crippen molar-refractivity contribution in [2.45, 2.75) is 109 Å². The largest absolute Gasteiger partial charge is 0.481 e. The van der Waals surface area contributed by atoms with Gasteiger partial charge < -0.3 is 52.2 Å². The zero-order valence-electron chi connectivity index (χ0n) is 34.7. The molecule has 6 amide bonds. The van der Waals surface area contributed by atoms with Crippen LogP contribution in [-0.4, -0.2) is 110 Å². The number of amides is 6. The lowest BCUT2D eigenvalue weighted by atomic mass is 9.94. The minimum Gasteiger partial charge on any atom is -0.481 e. The summed E-state index contributed by atoms with van der Waals surface area (Å²) >= 11 is 0. The van der Waals surface area contributed by atoms with Gasteiger partial charge in [-0.15, -0.1) is 0 Å². The lowest BCUT2D eigenvalue weighted by molar-refractivity contribution is -0.144. The van der Waals surface area contributed by atoms with Crippen molar-refractivity contribution < 1.29 is 58.5 Å². The van der Waals surface area contributed by atoms with Gasteiger partial charge in [-0.3, -0.25) is 38.4 Å². The van der Waals surface area contributed by atoms with Gasteiger partial charge in [0.15, 0.2) is 0 Å². The molecule has 0 unspecified atom stereocenters. The lowest BCUT2D eigenvalue weighted by Gasteiger charge is -2.30. The number of benzene rings is 2. The van der Waals surface area contributed by atoms with Crippen molar-refractivity contribution in [1.82, 2.24) is 36.9 Å². The molecular formula is C42H55N7O12. The summed E-state index contributed by atoms with van der Waals surface area (Å²) in [6.45, 7) is 7.90. The Bertz CT molecular complexity index is 2060. The third kappa shape index (κ3) is 14.8. The molecule has 0 radical (unpaired) electrons. The average molecular weight is 850 g/mol. The summed E-state index contributed by atoms with van der Waals surface area (Å²) in [5.74, 6) is -11.1. The molecule has 0 saturated heterocycles. The van der Waals surface area contributed by atoms with Crippen LogP contribution in [0.2, 0.25) is 0 Å². The van der Waals surface area contributed by atoms with Crippen molar-refractivity contribution in [3.63, 3.8) is 0 Å². The highest BCUT2D eigenvalue weighted by molar-refractivity contribution is 5.99. The van der Waals surface area contributed by atoms with E-state index in [4.69, 9.17) is 0 Å². The summed E-state index contributed by atoms with van der Waals surface area (Å²) in [6.07, 6.45) is 0.213. The molecule has 3 aromatic rings. The molecule has 8 atom stereocenters. The van der Waals surface area contributed by atoms with Gasteiger partial charge in [-0.2, -0.15) is 0 Å². The fourth-order valence-electron chi connectivity index (χ4n) is 6.50. The summed E-state index contributed by atoms with van der Waals surface area (Å²) in [7, 11) is 0. The van der Waals surface area contributed by atoms with Crippen molar-refractivity contribution in [2.75, 3.05) is 0 Å². The van der Waals surface area contributed by atoms with E-state index in [1.165, 1.54) is 0 Å². The quantitative estimate of drug-likeness (QED) is 0.0604. The number of para-hydroxylation sites is 1. The number of carboxylic acid groups (broad SMARTS) is 3. The summed E-state index contributed by atoms with van der Waals surface area (Å²) < 4.78 is 0.